The first-order valence-corrected chi connectivity index (χ1v) is 4.87. The van der Waals surface area contributed by atoms with E-state index in [4.69, 9.17) is 16.9 Å². The van der Waals surface area contributed by atoms with Crippen molar-refractivity contribution >= 4 is 11.6 Å². The van der Waals surface area contributed by atoms with Gasteiger partial charge in [-0.2, -0.15) is 5.26 Å². The van der Waals surface area contributed by atoms with Gasteiger partial charge < -0.3 is 0 Å². The fourth-order valence-electron chi connectivity index (χ4n) is 1.22. The van der Waals surface area contributed by atoms with Crippen LogP contribution in [-0.4, -0.2) is 5.88 Å². The van der Waals surface area contributed by atoms with E-state index in [1.54, 1.807) is 0 Å². The van der Waals surface area contributed by atoms with Crippen molar-refractivity contribution in [1.29, 1.82) is 5.26 Å². The highest BCUT2D eigenvalue weighted by Gasteiger charge is 1.98. The number of benzene rings is 1. The van der Waals surface area contributed by atoms with Gasteiger partial charge in [0.05, 0.1) is 11.6 Å². The number of hydrogen-bond acceptors (Lipinski definition) is 1. The Kier molecular flexibility index (Phi) is 3.79. The summed E-state index contributed by atoms with van der Waals surface area (Å²) in [5, 5.41) is 8.79. The molecular weight excluding hydrogens is 182 g/mol. The molecule has 0 saturated heterocycles. The lowest BCUT2D eigenvalue weighted by molar-refractivity contribution is 0.927. The van der Waals surface area contributed by atoms with Crippen molar-refractivity contribution in [3.05, 3.63) is 34.9 Å². The van der Waals surface area contributed by atoms with Gasteiger partial charge in [-0.3, -0.25) is 0 Å². The smallest absolute Gasteiger partial charge is 0.0994 e. The second-order valence-corrected chi connectivity index (χ2v) is 3.43. The molecule has 0 amide bonds. The van der Waals surface area contributed by atoms with Crippen molar-refractivity contribution in [3.8, 4) is 6.07 Å². The summed E-state index contributed by atoms with van der Waals surface area (Å²) >= 11 is 5.59. The molecule has 0 saturated carbocycles. The monoisotopic (exact) mass is 193 g/mol. The molecule has 1 rings (SSSR count). The van der Waals surface area contributed by atoms with Crippen LogP contribution in [0.3, 0.4) is 0 Å². The highest BCUT2D eigenvalue weighted by Crippen LogP contribution is 2.11. The summed E-state index contributed by atoms with van der Waals surface area (Å²) in [5.74, 6) is 0.676. The maximum Gasteiger partial charge on any atom is 0.0994 e. The van der Waals surface area contributed by atoms with E-state index < -0.39 is 0 Å². The molecule has 0 unspecified atom stereocenters. The predicted octanol–water partition coefficient (Wildman–Crippen LogP) is 3.04. The van der Waals surface area contributed by atoms with Crippen LogP contribution in [0.2, 0.25) is 0 Å². The summed E-state index contributed by atoms with van der Waals surface area (Å²) in [4.78, 5) is 0. The van der Waals surface area contributed by atoms with E-state index in [1.807, 2.05) is 19.1 Å². The number of rotatable bonds is 3. The number of halogens is 1. The first-order valence-electron chi connectivity index (χ1n) is 4.33. The Morgan fingerprint density at radius 2 is 2.23 bits per heavy atom. The number of aryl methyl sites for hydroxylation is 2. The lowest BCUT2D eigenvalue weighted by Crippen LogP contribution is -1.89. The van der Waals surface area contributed by atoms with E-state index in [2.05, 4.69) is 12.1 Å². The standard InChI is InChI=1S/C11H12ClN/c1-9-4-5-10(3-2-6-12)7-11(9)8-13/h4-5,7H,2-3,6H2,1H3. The molecule has 0 aliphatic heterocycles. The summed E-state index contributed by atoms with van der Waals surface area (Å²) in [6, 6.07) is 8.17. The average molecular weight is 194 g/mol. The van der Waals surface area contributed by atoms with E-state index in [-0.39, 0.29) is 0 Å². The van der Waals surface area contributed by atoms with E-state index in [1.165, 1.54) is 5.56 Å². The van der Waals surface area contributed by atoms with Gasteiger partial charge in [-0.25, -0.2) is 0 Å². The topological polar surface area (TPSA) is 23.8 Å². The summed E-state index contributed by atoms with van der Waals surface area (Å²) in [6.07, 6.45) is 1.92. The Morgan fingerprint density at radius 1 is 1.46 bits per heavy atom. The van der Waals surface area contributed by atoms with E-state index in [0.29, 0.717) is 5.88 Å². The van der Waals surface area contributed by atoms with Crippen LogP contribution < -0.4 is 0 Å². The van der Waals surface area contributed by atoms with Crippen LogP contribution in [0.25, 0.3) is 0 Å². The maximum absolute atomic E-state index is 8.79. The molecule has 68 valence electrons. The van der Waals surface area contributed by atoms with Crippen molar-refractivity contribution in [2.24, 2.45) is 0 Å². The summed E-state index contributed by atoms with van der Waals surface area (Å²) in [6.45, 7) is 1.95. The second-order valence-electron chi connectivity index (χ2n) is 3.05. The fraction of sp³-hybridized carbons (Fsp3) is 0.364. The molecule has 0 fully saturated rings. The number of nitriles is 1. The lowest BCUT2D eigenvalue weighted by Gasteiger charge is -2.01. The van der Waals surface area contributed by atoms with Gasteiger partial charge in [-0.05, 0) is 37.0 Å². The highest BCUT2D eigenvalue weighted by molar-refractivity contribution is 6.17. The van der Waals surface area contributed by atoms with Crippen molar-refractivity contribution in [3.63, 3.8) is 0 Å². The van der Waals surface area contributed by atoms with E-state index in [0.717, 1.165) is 24.0 Å². The zero-order chi connectivity index (χ0) is 9.68. The molecule has 1 nitrogen and oxygen atoms in total. The molecule has 0 heterocycles. The Morgan fingerprint density at radius 3 is 2.85 bits per heavy atom. The molecule has 13 heavy (non-hydrogen) atoms. The zero-order valence-electron chi connectivity index (χ0n) is 7.68. The molecule has 0 aromatic heterocycles. The molecule has 0 spiro atoms. The molecule has 1 aromatic rings. The first-order chi connectivity index (χ1) is 6.27. The molecule has 0 atom stereocenters. The van der Waals surface area contributed by atoms with Crippen molar-refractivity contribution in [2.45, 2.75) is 19.8 Å². The highest BCUT2D eigenvalue weighted by atomic mass is 35.5. The average Bonchev–Trinajstić information content (AvgIpc) is 2.16. The summed E-state index contributed by atoms with van der Waals surface area (Å²) in [7, 11) is 0. The minimum Gasteiger partial charge on any atom is -0.192 e. The molecule has 2 heteroatoms. The van der Waals surface area contributed by atoms with Gasteiger partial charge in [0.25, 0.3) is 0 Å². The minimum atomic E-state index is 0.676. The van der Waals surface area contributed by atoms with Crippen molar-refractivity contribution in [2.75, 3.05) is 5.88 Å². The van der Waals surface area contributed by atoms with Gasteiger partial charge in [0, 0.05) is 5.88 Å². The van der Waals surface area contributed by atoms with Crippen LogP contribution in [0.5, 0.6) is 0 Å². The molecule has 1 aromatic carbocycles. The third-order valence-corrected chi connectivity index (χ3v) is 2.29. The maximum atomic E-state index is 8.79. The second kappa shape index (κ2) is 4.89. The van der Waals surface area contributed by atoms with Gasteiger partial charge in [-0.1, -0.05) is 12.1 Å². The van der Waals surface area contributed by atoms with Gasteiger partial charge >= 0.3 is 0 Å². The Labute approximate surface area is 84.0 Å². The van der Waals surface area contributed by atoms with Crippen LogP contribution in [0.1, 0.15) is 23.1 Å². The molecular formula is C11H12ClN. The van der Waals surface area contributed by atoms with Gasteiger partial charge in [0.15, 0.2) is 0 Å². The Balaban J connectivity index is 2.82. The van der Waals surface area contributed by atoms with Crippen LogP contribution in [0, 0.1) is 18.3 Å². The number of hydrogen-bond donors (Lipinski definition) is 0. The molecule has 0 aliphatic rings. The Bertz CT molecular complexity index is 325. The van der Waals surface area contributed by atoms with Crippen LogP contribution in [0.15, 0.2) is 18.2 Å². The summed E-state index contributed by atoms with van der Waals surface area (Å²) in [5.41, 5.74) is 3.01. The Hall–Kier alpha value is -1.00. The van der Waals surface area contributed by atoms with Crippen LogP contribution >= 0.6 is 11.6 Å². The number of alkyl halides is 1. The largest absolute Gasteiger partial charge is 0.192 e. The van der Waals surface area contributed by atoms with Crippen molar-refractivity contribution in [1.82, 2.24) is 0 Å². The van der Waals surface area contributed by atoms with Crippen molar-refractivity contribution < 1.29 is 0 Å². The van der Waals surface area contributed by atoms with Gasteiger partial charge in [0.2, 0.25) is 0 Å². The zero-order valence-corrected chi connectivity index (χ0v) is 8.43. The molecule has 0 aliphatic carbocycles. The first kappa shape index (κ1) is 10.1. The SMILES string of the molecule is Cc1ccc(CCCCl)cc1C#N. The third kappa shape index (κ3) is 2.75. The lowest BCUT2D eigenvalue weighted by atomic mass is 10.0. The molecule has 0 N–H and O–H groups in total. The van der Waals surface area contributed by atoms with Gasteiger partial charge in [0.1, 0.15) is 0 Å². The van der Waals surface area contributed by atoms with Crippen LogP contribution in [0.4, 0.5) is 0 Å². The fourth-order valence-corrected chi connectivity index (χ4v) is 1.35. The quantitative estimate of drug-likeness (QED) is 0.677. The van der Waals surface area contributed by atoms with Crippen LogP contribution in [-0.2, 0) is 6.42 Å². The third-order valence-electron chi connectivity index (χ3n) is 2.02. The predicted molar refractivity (Wildman–Crippen MR) is 54.9 cm³/mol. The van der Waals surface area contributed by atoms with Gasteiger partial charge in [-0.15, -0.1) is 11.6 Å². The normalized spacial score (nSPS) is 9.62. The molecule has 0 radical (unpaired) electrons. The molecule has 0 bridgehead atoms. The van der Waals surface area contributed by atoms with E-state index >= 15 is 0 Å². The summed E-state index contributed by atoms with van der Waals surface area (Å²) < 4.78 is 0. The minimum absolute atomic E-state index is 0.676. The number of nitrogens with zero attached hydrogens (tertiary/aromatic N) is 1. The van der Waals surface area contributed by atoms with E-state index in [9.17, 15) is 0 Å².